The van der Waals surface area contributed by atoms with Crippen LogP contribution in [0.2, 0.25) is 0 Å². The smallest absolute Gasteiger partial charge is 0.258 e. The zero-order valence-electron chi connectivity index (χ0n) is 8.01. The minimum absolute atomic E-state index is 0.299. The summed E-state index contributed by atoms with van der Waals surface area (Å²) in [6.45, 7) is 1.59. The van der Waals surface area contributed by atoms with Crippen LogP contribution in [-0.4, -0.2) is 15.2 Å². The lowest BCUT2D eigenvalue weighted by molar-refractivity contribution is 0.184. The third-order valence-electron chi connectivity index (χ3n) is 1.91. The molecule has 1 aromatic carbocycles. The van der Waals surface area contributed by atoms with Crippen molar-refractivity contribution in [3.63, 3.8) is 0 Å². The van der Waals surface area contributed by atoms with Crippen LogP contribution in [-0.2, 0) is 0 Å². The van der Waals surface area contributed by atoms with Gasteiger partial charge in [-0.1, -0.05) is 21.1 Å². The van der Waals surface area contributed by atoms with E-state index >= 15 is 0 Å². The van der Waals surface area contributed by atoms with Gasteiger partial charge >= 0.3 is 0 Å². The average molecular weight is 269 g/mol. The molecule has 15 heavy (non-hydrogen) atoms. The summed E-state index contributed by atoms with van der Waals surface area (Å²) in [6.07, 6.45) is -0.710. The SMILES string of the molecule is CC(O)c1noc(-c2ccc(Br)cc2)n1. The van der Waals surface area contributed by atoms with Gasteiger partial charge in [-0.05, 0) is 31.2 Å². The molecule has 1 aromatic heterocycles. The lowest BCUT2D eigenvalue weighted by Gasteiger charge is -1.94. The first-order valence-electron chi connectivity index (χ1n) is 4.44. The molecular formula is C10H9BrN2O2. The van der Waals surface area contributed by atoms with Crippen molar-refractivity contribution in [3.05, 3.63) is 34.6 Å². The molecule has 0 saturated heterocycles. The highest BCUT2D eigenvalue weighted by atomic mass is 79.9. The van der Waals surface area contributed by atoms with Crippen LogP contribution >= 0.6 is 15.9 Å². The molecule has 0 fully saturated rings. The fraction of sp³-hybridized carbons (Fsp3) is 0.200. The second-order valence-electron chi connectivity index (χ2n) is 3.14. The van der Waals surface area contributed by atoms with Gasteiger partial charge in [0.15, 0.2) is 5.82 Å². The first-order valence-corrected chi connectivity index (χ1v) is 5.24. The maximum Gasteiger partial charge on any atom is 0.258 e. The molecule has 0 aliphatic heterocycles. The Bertz CT molecular complexity index is 451. The van der Waals surface area contributed by atoms with E-state index in [1.54, 1.807) is 6.92 Å². The molecule has 0 aliphatic carbocycles. The quantitative estimate of drug-likeness (QED) is 0.910. The van der Waals surface area contributed by atoms with E-state index in [4.69, 9.17) is 4.52 Å². The molecule has 1 heterocycles. The van der Waals surface area contributed by atoms with E-state index in [1.807, 2.05) is 24.3 Å². The molecule has 0 spiro atoms. The number of aromatic nitrogens is 2. The van der Waals surface area contributed by atoms with Crippen LogP contribution in [0.4, 0.5) is 0 Å². The van der Waals surface area contributed by atoms with E-state index in [-0.39, 0.29) is 0 Å². The molecule has 1 unspecified atom stereocenters. The number of aliphatic hydroxyl groups is 1. The van der Waals surface area contributed by atoms with Crippen LogP contribution in [0.1, 0.15) is 18.9 Å². The Balaban J connectivity index is 2.33. The molecule has 2 rings (SSSR count). The van der Waals surface area contributed by atoms with Crippen molar-refractivity contribution in [1.82, 2.24) is 10.1 Å². The predicted molar refractivity (Wildman–Crippen MR) is 58.1 cm³/mol. The van der Waals surface area contributed by atoms with Crippen LogP contribution in [0.15, 0.2) is 33.3 Å². The predicted octanol–water partition coefficient (Wildman–Crippen LogP) is 2.55. The van der Waals surface area contributed by atoms with Gasteiger partial charge in [-0.25, -0.2) is 0 Å². The van der Waals surface area contributed by atoms with Gasteiger partial charge in [0.2, 0.25) is 0 Å². The number of halogens is 1. The Labute approximate surface area is 95.1 Å². The van der Waals surface area contributed by atoms with Gasteiger partial charge < -0.3 is 9.63 Å². The maximum absolute atomic E-state index is 9.24. The van der Waals surface area contributed by atoms with Crippen LogP contribution in [0.25, 0.3) is 11.5 Å². The summed E-state index contributed by atoms with van der Waals surface area (Å²) >= 11 is 3.34. The number of hydrogen-bond donors (Lipinski definition) is 1. The average Bonchev–Trinajstić information content (AvgIpc) is 2.68. The minimum Gasteiger partial charge on any atom is -0.385 e. The maximum atomic E-state index is 9.24. The Morgan fingerprint density at radius 3 is 2.53 bits per heavy atom. The zero-order chi connectivity index (χ0) is 10.8. The Morgan fingerprint density at radius 2 is 2.00 bits per heavy atom. The first-order chi connectivity index (χ1) is 7.16. The fourth-order valence-corrected chi connectivity index (χ4v) is 1.38. The summed E-state index contributed by atoms with van der Waals surface area (Å²) in [6, 6.07) is 7.51. The lowest BCUT2D eigenvalue weighted by Crippen LogP contribution is -1.92. The van der Waals surface area contributed by atoms with E-state index in [2.05, 4.69) is 26.1 Å². The number of benzene rings is 1. The van der Waals surface area contributed by atoms with E-state index in [1.165, 1.54) is 0 Å². The van der Waals surface area contributed by atoms with Crippen LogP contribution in [0.5, 0.6) is 0 Å². The van der Waals surface area contributed by atoms with Crippen molar-refractivity contribution in [3.8, 4) is 11.5 Å². The highest BCUT2D eigenvalue weighted by molar-refractivity contribution is 9.10. The third-order valence-corrected chi connectivity index (χ3v) is 2.44. The second-order valence-corrected chi connectivity index (χ2v) is 4.06. The summed E-state index contributed by atoms with van der Waals surface area (Å²) in [5, 5.41) is 12.9. The van der Waals surface area contributed by atoms with Crippen molar-refractivity contribution in [2.75, 3.05) is 0 Å². The van der Waals surface area contributed by atoms with Gasteiger partial charge in [0.05, 0.1) is 0 Å². The molecule has 0 aliphatic rings. The van der Waals surface area contributed by atoms with E-state index in [0.717, 1.165) is 10.0 Å². The summed E-state index contributed by atoms with van der Waals surface area (Å²) in [5.41, 5.74) is 0.831. The fourth-order valence-electron chi connectivity index (χ4n) is 1.11. The molecule has 1 atom stereocenters. The minimum atomic E-state index is -0.710. The molecule has 0 saturated carbocycles. The third kappa shape index (κ3) is 2.24. The molecule has 0 amide bonds. The van der Waals surface area contributed by atoms with Crippen molar-refractivity contribution < 1.29 is 9.63 Å². The highest BCUT2D eigenvalue weighted by Crippen LogP contribution is 2.21. The van der Waals surface area contributed by atoms with Crippen LogP contribution in [0.3, 0.4) is 0 Å². The Kier molecular flexibility index (Phi) is 2.83. The lowest BCUT2D eigenvalue weighted by atomic mass is 10.2. The molecule has 0 radical (unpaired) electrons. The van der Waals surface area contributed by atoms with E-state index in [9.17, 15) is 5.11 Å². The number of hydrogen-bond acceptors (Lipinski definition) is 4. The van der Waals surface area contributed by atoms with Crippen molar-refractivity contribution >= 4 is 15.9 Å². The Morgan fingerprint density at radius 1 is 1.33 bits per heavy atom. The summed E-state index contributed by atoms with van der Waals surface area (Å²) in [4.78, 5) is 4.07. The van der Waals surface area contributed by atoms with Gasteiger partial charge in [-0.2, -0.15) is 4.98 Å². The summed E-state index contributed by atoms with van der Waals surface area (Å²) in [5.74, 6) is 0.714. The van der Waals surface area contributed by atoms with E-state index < -0.39 is 6.10 Å². The molecule has 78 valence electrons. The molecular weight excluding hydrogens is 260 g/mol. The van der Waals surface area contributed by atoms with Crippen molar-refractivity contribution in [2.24, 2.45) is 0 Å². The van der Waals surface area contributed by atoms with E-state index in [0.29, 0.717) is 11.7 Å². The number of nitrogens with zero attached hydrogens (tertiary/aromatic N) is 2. The number of rotatable bonds is 2. The van der Waals surface area contributed by atoms with Gasteiger partial charge in [0.25, 0.3) is 5.89 Å². The second kappa shape index (κ2) is 4.12. The van der Waals surface area contributed by atoms with Crippen LogP contribution < -0.4 is 0 Å². The zero-order valence-corrected chi connectivity index (χ0v) is 9.60. The first kappa shape index (κ1) is 10.3. The monoisotopic (exact) mass is 268 g/mol. The van der Waals surface area contributed by atoms with Gasteiger partial charge in [-0.15, -0.1) is 0 Å². The molecule has 5 heteroatoms. The molecule has 0 bridgehead atoms. The van der Waals surface area contributed by atoms with Gasteiger partial charge in [0.1, 0.15) is 6.10 Å². The normalized spacial score (nSPS) is 12.7. The highest BCUT2D eigenvalue weighted by Gasteiger charge is 2.11. The Hall–Kier alpha value is -1.20. The van der Waals surface area contributed by atoms with Crippen LogP contribution in [0, 0.1) is 0 Å². The summed E-state index contributed by atoms with van der Waals surface area (Å²) in [7, 11) is 0. The molecule has 1 N–H and O–H groups in total. The molecule has 2 aromatic rings. The van der Waals surface area contributed by atoms with Crippen molar-refractivity contribution in [2.45, 2.75) is 13.0 Å². The van der Waals surface area contributed by atoms with Crippen molar-refractivity contribution in [1.29, 1.82) is 0 Å². The topological polar surface area (TPSA) is 59.2 Å². The van der Waals surface area contributed by atoms with Gasteiger partial charge in [0, 0.05) is 10.0 Å². The standard InChI is InChI=1S/C10H9BrN2O2/c1-6(14)9-12-10(15-13-9)7-2-4-8(11)5-3-7/h2-6,14H,1H3. The molecule has 4 nitrogen and oxygen atoms in total. The number of aliphatic hydroxyl groups excluding tert-OH is 1. The summed E-state index contributed by atoms with van der Waals surface area (Å²) < 4.78 is 6.00. The largest absolute Gasteiger partial charge is 0.385 e. The van der Waals surface area contributed by atoms with Gasteiger partial charge in [-0.3, -0.25) is 0 Å².